The van der Waals surface area contributed by atoms with E-state index in [0.717, 1.165) is 12.8 Å². The zero-order valence-corrected chi connectivity index (χ0v) is 10.8. The molecule has 3 rings (SSSR count). The maximum absolute atomic E-state index is 3.48. The predicted molar refractivity (Wildman–Crippen MR) is 75.9 cm³/mol. The van der Waals surface area contributed by atoms with E-state index < -0.39 is 0 Å². The molecule has 0 spiro atoms. The van der Waals surface area contributed by atoms with Crippen LogP contribution in [-0.4, -0.2) is 13.1 Å². The number of hydrogen-bond acceptors (Lipinski definition) is 1. The third kappa shape index (κ3) is 2.06. The summed E-state index contributed by atoms with van der Waals surface area (Å²) < 4.78 is 0. The Bertz CT molecular complexity index is 518. The number of benzene rings is 2. The molecule has 0 saturated carbocycles. The van der Waals surface area contributed by atoms with Crippen LogP contribution in [-0.2, 0) is 12.8 Å². The van der Waals surface area contributed by atoms with Crippen LogP contribution in [0.1, 0.15) is 22.6 Å². The maximum atomic E-state index is 3.48. The molecule has 1 aliphatic rings. The van der Waals surface area contributed by atoms with Crippen LogP contribution in [0.4, 0.5) is 0 Å². The molecule has 0 amide bonds. The summed E-state index contributed by atoms with van der Waals surface area (Å²) in [6, 6.07) is 20.2. The first-order valence-corrected chi connectivity index (χ1v) is 6.67. The lowest BCUT2D eigenvalue weighted by Gasteiger charge is -2.20. The van der Waals surface area contributed by atoms with Crippen molar-refractivity contribution in [3.05, 3.63) is 71.3 Å². The highest BCUT2D eigenvalue weighted by Gasteiger charge is 2.30. The van der Waals surface area contributed by atoms with Gasteiger partial charge < -0.3 is 5.32 Å². The standard InChI is InChI=1S/C17H19N/c1-18-17-12-14-9-5-6-10-15(14)16(17)11-13-7-3-2-4-8-13/h2-10,16-18H,11-12H2,1H3/t16-,17-/m1/s1. The maximum Gasteiger partial charge on any atom is 0.0177 e. The Labute approximate surface area is 109 Å². The fourth-order valence-electron chi connectivity index (χ4n) is 3.10. The number of rotatable bonds is 3. The van der Waals surface area contributed by atoms with Crippen molar-refractivity contribution >= 4 is 0 Å². The summed E-state index contributed by atoms with van der Waals surface area (Å²) in [6.07, 6.45) is 2.29. The highest BCUT2D eigenvalue weighted by molar-refractivity contribution is 5.39. The summed E-state index contributed by atoms with van der Waals surface area (Å²) in [6.45, 7) is 0. The third-order valence-corrected chi connectivity index (χ3v) is 4.05. The molecule has 92 valence electrons. The third-order valence-electron chi connectivity index (χ3n) is 4.05. The van der Waals surface area contributed by atoms with E-state index in [1.54, 1.807) is 0 Å². The van der Waals surface area contributed by atoms with E-state index in [1.807, 2.05) is 0 Å². The van der Waals surface area contributed by atoms with Crippen LogP contribution in [0, 0.1) is 0 Å². The Kier molecular flexibility index (Phi) is 3.16. The molecule has 0 saturated heterocycles. The molecule has 2 atom stereocenters. The largest absolute Gasteiger partial charge is 0.316 e. The van der Waals surface area contributed by atoms with Crippen LogP contribution in [0.2, 0.25) is 0 Å². The average Bonchev–Trinajstić information content (AvgIpc) is 2.78. The highest BCUT2D eigenvalue weighted by Crippen LogP contribution is 2.35. The molecule has 0 radical (unpaired) electrons. The minimum absolute atomic E-state index is 0.572. The summed E-state index contributed by atoms with van der Waals surface area (Å²) in [4.78, 5) is 0. The van der Waals surface area contributed by atoms with Gasteiger partial charge in [0.25, 0.3) is 0 Å². The molecule has 0 bridgehead atoms. The Morgan fingerprint density at radius 2 is 1.72 bits per heavy atom. The predicted octanol–water partition coefficient (Wildman–Crippen LogP) is 3.16. The van der Waals surface area contributed by atoms with Crippen molar-refractivity contribution in [1.29, 1.82) is 0 Å². The van der Waals surface area contributed by atoms with Gasteiger partial charge >= 0.3 is 0 Å². The molecule has 0 unspecified atom stereocenters. The molecular weight excluding hydrogens is 218 g/mol. The first-order chi connectivity index (χ1) is 8.88. The second-order valence-corrected chi connectivity index (χ2v) is 5.09. The topological polar surface area (TPSA) is 12.0 Å². The molecule has 2 aromatic carbocycles. The van der Waals surface area contributed by atoms with Gasteiger partial charge in [-0.15, -0.1) is 0 Å². The number of hydrogen-bond donors (Lipinski definition) is 1. The van der Waals surface area contributed by atoms with Gasteiger partial charge in [-0.25, -0.2) is 0 Å². The summed E-state index contributed by atoms with van der Waals surface area (Å²) in [5, 5.41) is 3.48. The summed E-state index contributed by atoms with van der Waals surface area (Å²) in [5.74, 6) is 0.605. The zero-order chi connectivity index (χ0) is 12.4. The van der Waals surface area contributed by atoms with Gasteiger partial charge in [-0.3, -0.25) is 0 Å². The van der Waals surface area contributed by atoms with Crippen LogP contribution in [0.15, 0.2) is 54.6 Å². The van der Waals surface area contributed by atoms with Crippen LogP contribution in [0.25, 0.3) is 0 Å². The number of nitrogens with one attached hydrogen (secondary N) is 1. The van der Waals surface area contributed by atoms with E-state index in [0.29, 0.717) is 12.0 Å². The van der Waals surface area contributed by atoms with E-state index >= 15 is 0 Å². The van der Waals surface area contributed by atoms with Crippen molar-refractivity contribution in [3.63, 3.8) is 0 Å². The van der Waals surface area contributed by atoms with Crippen LogP contribution in [0.5, 0.6) is 0 Å². The molecule has 1 heteroatoms. The van der Waals surface area contributed by atoms with Gasteiger partial charge in [0, 0.05) is 12.0 Å². The normalized spacial score (nSPS) is 21.8. The van der Waals surface area contributed by atoms with Crippen LogP contribution >= 0.6 is 0 Å². The molecular formula is C17H19N. The molecule has 0 aromatic heterocycles. The van der Waals surface area contributed by atoms with Gasteiger partial charge in [-0.2, -0.15) is 0 Å². The van der Waals surface area contributed by atoms with Gasteiger partial charge in [-0.05, 0) is 36.6 Å². The van der Waals surface area contributed by atoms with E-state index in [9.17, 15) is 0 Å². The van der Waals surface area contributed by atoms with Crippen molar-refractivity contribution in [2.24, 2.45) is 0 Å². The van der Waals surface area contributed by atoms with Crippen molar-refractivity contribution < 1.29 is 0 Å². The molecule has 0 fully saturated rings. The summed E-state index contributed by atoms with van der Waals surface area (Å²) in [5.41, 5.74) is 4.47. The van der Waals surface area contributed by atoms with Gasteiger partial charge in [0.15, 0.2) is 0 Å². The molecule has 2 aromatic rings. The van der Waals surface area contributed by atoms with Crippen LogP contribution in [0.3, 0.4) is 0 Å². The van der Waals surface area contributed by atoms with Crippen molar-refractivity contribution in [3.8, 4) is 0 Å². The molecule has 1 aliphatic carbocycles. The number of likely N-dealkylation sites (N-methyl/N-ethyl adjacent to an activating group) is 1. The Hall–Kier alpha value is -1.60. The molecule has 1 N–H and O–H groups in total. The van der Waals surface area contributed by atoms with Crippen molar-refractivity contribution in [1.82, 2.24) is 5.32 Å². The lowest BCUT2D eigenvalue weighted by atomic mass is 9.91. The lowest BCUT2D eigenvalue weighted by Crippen LogP contribution is -2.30. The van der Waals surface area contributed by atoms with Gasteiger partial charge in [0.05, 0.1) is 0 Å². The first-order valence-electron chi connectivity index (χ1n) is 6.67. The van der Waals surface area contributed by atoms with E-state index in [2.05, 4.69) is 67.0 Å². The SMILES string of the molecule is CN[C@@H]1Cc2ccccc2[C@H]1Cc1ccccc1. The quantitative estimate of drug-likeness (QED) is 0.864. The van der Waals surface area contributed by atoms with Gasteiger partial charge in [0.2, 0.25) is 0 Å². The zero-order valence-electron chi connectivity index (χ0n) is 10.8. The minimum atomic E-state index is 0.572. The van der Waals surface area contributed by atoms with Crippen molar-refractivity contribution in [2.45, 2.75) is 24.8 Å². The highest BCUT2D eigenvalue weighted by atomic mass is 14.9. The Morgan fingerprint density at radius 1 is 1.00 bits per heavy atom. The van der Waals surface area contributed by atoms with E-state index in [1.165, 1.54) is 16.7 Å². The second-order valence-electron chi connectivity index (χ2n) is 5.09. The smallest absolute Gasteiger partial charge is 0.0177 e. The van der Waals surface area contributed by atoms with Crippen LogP contribution < -0.4 is 5.32 Å². The first kappa shape index (κ1) is 11.5. The van der Waals surface area contributed by atoms with E-state index in [-0.39, 0.29) is 0 Å². The number of fused-ring (bicyclic) bond motifs is 1. The Morgan fingerprint density at radius 3 is 2.50 bits per heavy atom. The lowest BCUT2D eigenvalue weighted by molar-refractivity contribution is 0.492. The van der Waals surface area contributed by atoms with Gasteiger partial charge in [0.1, 0.15) is 0 Å². The minimum Gasteiger partial charge on any atom is -0.316 e. The molecule has 0 aliphatic heterocycles. The fourth-order valence-corrected chi connectivity index (χ4v) is 3.10. The fraction of sp³-hybridized carbons (Fsp3) is 0.294. The summed E-state index contributed by atoms with van der Waals surface area (Å²) >= 11 is 0. The molecule has 0 heterocycles. The van der Waals surface area contributed by atoms with E-state index in [4.69, 9.17) is 0 Å². The molecule has 1 nitrogen and oxygen atoms in total. The second kappa shape index (κ2) is 4.95. The average molecular weight is 237 g/mol. The molecule has 18 heavy (non-hydrogen) atoms. The van der Waals surface area contributed by atoms with Gasteiger partial charge in [-0.1, -0.05) is 54.6 Å². The monoisotopic (exact) mass is 237 g/mol. The summed E-state index contributed by atoms with van der Waals surface area (Å²) in [7, 11) is 2.08. The van der Waals surface area contributed by atoms with Crippen molar-refractivity contribution in [2.75, 3.05) is 7.05 Å². The Balaban J connectivity index is 1.90.